The van der Waals surface area contributed by atoms with E-state index in [2.05, 4.69) is 10.4 Å². The fourth-order valence-electron chi connectivity index (χ4n) is 3.05. The number of rotatable bonds is 1. The van der Waals surface area contributed by atoms with Gasteiger partial charge in [0.15, 0.2) is 0 Å². The minimum atomic E-state index is -4.50. The lowest BCUT2D eigenvalue weighted by Gasteiger charge is -2.26. The van der Waals surface area contributed by atoms with Crippen molar-refractivity contribution in [3.8, 4) is 0 Å². The quantitative estimate of drug-likeness (QED) is 0.667. The summed E-state index contributed by atoms with van der Waals surface area (Å²) >= 11 is 0. The molecule has 2 aromatic carbocycles. The van der Waals surface area contributed by atoms with Gasteiger partial charge in [0.1, 0.15) is 6.34 Å². The molecular formula is C18H13F3N3O+. The number of fused-ring (bicyclic) bond motifs is 3. The molecule has 7 heteroatoms. The van der Waals surface area contributed by atoms with Crippen LogP contribution in [0, 0.1) is 0 Å². The first-order valence-electron chi connectivity index (χ1n) is 7.54. The second kappa shape index (κ2) is 5.29. The van der Waals surface area contributed by atoms with Gasteiger partial charge in [-0.15, -0.1) is 5.43 Å². The Kier molecular flexibility index (Phi) is 3.30. The van der Waals surface area contributed by atoms with Crippen molar-refractivity contribution in [2.24, 2.45) is 4.99 Å². The minimum Gasteiger partial charge on any atom is -0.357 e. The van der Waals surface area contributed by atoms with E-state index in [1.165, 1.54) is 18.5 Å². The van der Waals surface area contributed by atoms with E-state index >= 15 is 0 Å². The summed E-state index contributed by atoms with van der Waals surface area (Å²) in [5, 5.41) is 12.8. The highest BCUT2D eigenvalue weighted by molar-refractivity contribution is 5.85. The van der Waals surface area contributed by atoms with Gasteiger partial charge < -0.3 is 5.11 Å². The van der Waals surface area contributed by atoms with Crippen LogP contribution >= 0.6 is 0 Å². The van der Waals surface area contributed by atoms with Crippen molar-refractivity contribution in [2.75, 3.05) is 5.43 Å². The molecule has 2 heterocycles. The lowest BCUT2D eigenvalue weighted by atomic mass is 9.93. The number of nitrogens with one attached hydrogen (secondary N) is 1. The van der Waals surface area contributed by atoms with Gasteiger partial charge in [-0.05, 0) is 23.6 Å². The molecule has 0 spiro atoms. The molecule has 0 bridgehead atoms. The normalized spacial score (nSPS) is 19.5. The lowest BCUT2D eigenvalue weighted by Crippen LogP contribution is -2.56. The molecule has 2 N–H and O–H groups in total. The molecule has 3 aromatic rings. The summed E-state index contributed by atoms with van der Waals surface area (Å²) in [6, 6.07) is 13.7. The van der Waals surface area contributed by atoms with E-state index < -0.39 is 17.5 Å². The lowest BCUT2D eigenvalue weighted by molar-refractivity contribution is -0.655. The van der Waals surface area contributed by atoms with E-state index in [-0.39, 0.29) is 5.56 Å². The van der Waals surface area contributed by atoms with Crippen LogP contribution in [-0.2, 0) is 11.9 Å². The second-order valence-corrected chi connectivity index (χ2v) is 5.76. The zero-order chi connectivity index (χ0) is 17.7. The summed E-state index contributed by atoms with van der Waals surface area (Å²) in [5.41, 5.74) is 0.496. The third kappa shape index (κ3) is 2.44. The topological polar surface area (TPSA) is 48.5 Å². The van der Waals surface area contributed by atoms with Crippen LogP contribution in [0.3, 0.4) is 0 Å². The Morgan fingerprint density at radius 3 is 2.64 bits per heavy atom. The number of aliphatic hydroxyl groups is 1. The number of alkyl halides is 3. The average molecular weight is 344 g/mol. The molecule has 1 aliphatic rings. The fourth-order valence-corrected chi connectivity index (χ4v) is 3.05. The van der Waals surface area contributed by atoms with Gasteiger partial charge in [0, 0.05) is 11.6 Å². The Hall–Kier alpha value is -2.93. The molecule has 0 saturated carbocycles. The monoisotopic (exact) mass is 344 g/mol. The Labute approximate surface area is 140 Å². The number of hydrogen-bond acceptors (Lipinski definition) is 3. The van der Waals surface area contributed by atoms with Crippen molar-refractivity contribution in [3.63, 3.8) is 0 Å². The van der Waals surface area contributed by atoms with Crippen LogP contribution in [0.4, 0.5) is 13.2 Å². The Bertz CT molecular complexity index is 1000. The number of nitrogens with zero attached hydrogens (tertiary/aromatic N) is 2. The van der Waals surface area contributed by atoms with Gasteiger partial charge in [0.2, 0.25) is 6.20 Å². The number of aromatic nitrogens is 1. The van der Waals surface area contributed by atoms with Crippen LogP contribution in [-0.4, -0.2) is 11.4 Å². The highest BCUT2D eigenvalue weighted by atomic mass is 19.4. The number of hydrogen-bond donors (Lipinski definition) is 2. The standard InChI is InChI=1S/C18H13F3N3O/c19-18(20,21)14-6-3-5-13(10-14)17(25)16-15-7-2-1-4-12(15)8-9-24(16)23-11-22-17/h1-11,25H,(H,22,23)/q+1. The van der Waals surface area contributed by atoms with Crippen LogP contribution in [0.25, 0.3) is 10.8 Å². The number of pyridine rings is 1. The van der Waals surface area contributed by atoms with Gasteiger partial charge in [-0.25, -0.2) is 4.99 Å². The van der Waals surface area contributed by atoms with Gasteiger partial charge in [0.25, 0.3) is 11.4 Å². The predicted octanol–water partition coefficient (Wildman–Crippen LogP) is 2.92. The Morgan fingerprint density at radius 1 is 1.04 bits per heavy atom. The van der Waals surface area contributed by atoms with Crippen molar-refractivity contribution < 1.29 is 23.0 Å². The molecule has 0 radical (unpaired) electrons. The molecule has 25 heavy (non-hydrogen) atoms. The molecular weight excluding hydrogens is 331 g/mol. The zero-order valence-electron chi connectivity index (χ0n) is 12.8. The van der Waals surface area contributed by atoms with Crippen LogP contribution in [0.5, 0.6) is 0 Å². The number of halogens is 3. The summed E-state index contributed by atoms with van der Waals surface area (Å²) in [6.07, 6.45) is -1.54. The summed E-state index contributed by atoms with van der Waals surface area (Å²) in [4.78, 5) is 4.08. The van der Waals surface area contributed by atoms with Gasteiger partial charge in [0.05, 0.1) is 10.9 Å². The Morgan fingerprint density at radius 2 is 1.84 bits per heavy atom. The number of aliphatic imine (C=N–C) groups is 1. The van der Waals surface area contributed by atoms with Crippen molar-refractivity contribution in [1.29, 1.82) is 0 Å². The highest BCUT2D eigenvalue weighted by Crippen LogP contribution is 2.37. The highest BCUT2D eigenvalue weighted by Gasteiger charge is 2.45. The van der Waals surface area contributed by atoms with Gasteiger partial charge in [-0.3, -0.25) is 0 Å². The summed E-state index contributed by atoms with van der Waals surface area (Å²) in [6.45, 7) is 0. The molecule has 1 atom stereocenters. The molecule has 126 valence electrons. The molecule has 1 unspecified atom stereocenters. The molecule has 0 amide bonds. The zero-order valence-corrected chi connectivity index (χ0v) is 12.8. The Balaban J connectivity index is 1.99. The van der Waals surface area contributed by atoms with E-state index in [0.29, 0.717) is 11.1 Å². The average Bonchev–Trinajstić information content (AvgIpc) is 2.61. The van der Waals surface area contributed by atoms with Crippen molar-refractivity contribution in [2.45, 2.75) is 11.9 Å². The van der Waals surface area contributed by atoms with Crippen LogP contribution in [0.15, 0.2) is 65.8 Å². The largest absolute Gasteiger partial charge is 0.416 e. The van der Waals surface area contributed by atoms with Gasteiger partial charge >= 0.3 is 6.18 Å². The maximum atomic E-state index is 13.1. The number of benzene rings is 2. The van der Waals surface area contributed by atoms with E-state index in [1.807, 2.05) is 18.2 Å². The molecule has 1 aromatic heterocycles. The molecule has 4 rings (SSSR count). The SMILES string of the molecule is OC1(c2cccc(C(F)(F)F)c2)N=CN[n+]2ccc3ccccc3c21. The van der Waals surface area contributed by atoms with Gasteiger partial charge in [-0.1, -0.05) is 35.0 Å². The fraction of sp³-hybridized carbons (Fsp3) is 0.111. The molecule has 0 aliphatic carbocycles. The maximum absolute atomic E-state index is 13.1. The van der Waals surface area contributed by atoms with Crippen LogP contribution in [0.1, 0.15) is 16.8 Å². The van der Waals surface area contributed by atoms with E-state index in [0.717, 1.165) is 17.5 Å². The third-order valence-electron chi connectivity index (χ3n) is 4.23. The van der Waals surface area contributed by atoms with Crippen LogP contribution < -0.4 is 10.1 Å². The first-order chi connectivity index (χ1) is 11.9. The predicted molar refractivity (Wildman–Crippen MR) is 86.4 cm³/mol. The van der Waals surface area contributed by atoms with Crippen molar-refractivity contribution in [1.82, 2.24) is 0 Å². The molecule has 4 nitrogen and oxygen atoms in total. The molecule has 0 fully saturated rings. The van der Waals surface area contributed by atoms with Crippen molar-refractivity contribution >= 4 is 17.1 Å². The smallest absolute Gasteiger partial charge is 0.357 e. The molecule has 1 aliphatic heterocycles. The third-order valence-corrected chi connectivity index (χ3v) is 4.23. The first kappa shape index (κ1) is 15.6. The summed E-state index contributed by atoms with van der Waals surface area (Å²) in [5.74, 6) is 0. The van der Waals surface area contributed by atoms with E-state index in [1.54, 1.807) is 23.0 Å². The van der Waals surface area contributed by atoms with Gasteiger partial charge in [-0.2, -0.15) is 13.2 Å². The van der Waals surface area contributed by atoms with E-state index in [9.17, 15) is 18.3 Å². The summed E-state index contributed by atoms with van der Waals surface area (Å²) < 4.78 is 40.8. The van der Waals surface area contributed by atoms with E-state index in [4.69, 9.17) is 0 Å². The second-order valence-electron chi connectivity index (χ2n) is 5.76. The van der Waals surface area contributed by atoms with Crippen molar-refractivity contribution in [3.05, 3.63) is 77.6 Å². The first-order valence-corrected chi connectivity index (χ1v) is 7.54. The summed E-state index contributed by atoms with van der Waals surface area (Å²) in [7, 11) is 0. The minimum absolute atomic E-state index is 0.0465. The molecule has 0 saturated heterocycles. The van der Waals surface area contributed by atoms with Crippen LogP contribution in [0.2, 0.25) is 0 Å². The maximum Gasteiger partial charge on any atom is 0.416 e.